The second-order valence-corrected chi connectivity index (χ2v) is 6.66. The van der Waals surface area contributed by atoms with Crippen molar-refractivity contribution in [3.63, 3.8) is 0 Å². The number of amides is 1. The summed E-state index contributed by atoms with van der Waals surface area (Å²) in [6, 6.07) is 10.9. The first-order valence-corrected chi connectivity index (χ1v) is 8.49. The van der Waals surface area contributed by atoms with Gasteiger partial charge in [0.05, 0.1) is 11.1 Å². The Morgan fingerprint density at radius 1 is 1.12 bits per heavy atom. The van der Waals surface area contributed by atoms with Crippen molar-refractivity contribution in [2.45, 2.75) is 13.1 Å². The number of anilines is 1. The van der Waals surface area contributed by atoms with Crippen LogP contribution >= 0.6 is 11.3 Å². The molecule has 0 aliphatic rings. The first kappa shape index (κ1) is 18.0. The molecule has 2 aromatic carbocycles. The minimum atomic E-state index is -4.50. The first-order chi connectivity index (χ1) is 12.2. The lowest BCUT2D eigenvalue weighted by atomic mass is 10.1. The van der Waals surface area contributed by atoms with Crippen molar-refractivity contribution in [3.8, 4) is 16.2 Å². The zero-order valence-corrected chi connectivity index (χ0v) is 14.4. The average Bonchev–Trinajstić information content (AvgIpc) is 3.01. The lowest BCUT2D eigenvalue weighted by Gasteiger charge is -2.11. The van der Waals surface area contributed by atoms with Gasteiger partial charge in [0.25, 0.3) is 5.91 Å². The molecule has 7 heteroatoms. The zero-order valence-electron chi connectivity index (χ0n) is 13.6. The Balaban J connectivity index is 1.88. The van der Waals surface area contributed by atoms with E-state index in [0.717, 1.165) is 28.1 Å². The monoisotopic (exact) mass is 377 g/mol. The summed E-state index contributed by atoms with van der Waals surface area (Å²) < 4.78 is 38.4. The predicted molar refractivity (Wildman–Crippen MR) is 95.6 cm³/mol. The molecule has 1 heterocycles. The summed E-state index contributed by atoms with van der Waals surface area (Å²) in [7, 11) is 0. The molecule has 1 amide bonds. The van der Waals surface area contributed by atoms with Gasteiger partial charge in [-0.2, -0.15) is 13.2 Å². The molecule has 0 aliphatic carbocycles. The van der Waals surface area contributed by atoms with Gasteiger partial charge in [0, 0.05) is 10.6 Å². The third-order valence-electron chi connectivity index (χ3n) is 3.70. The molecule has 0 aliphatic heterocycles. The number of halogens is 3. The number of carbonyl (C=O) groups excluding carboxylic acids is 1. The number of nitrogens with one attached hydrogen (secondary N) is 1. The van der Waals surface area contributed by atoms with Crippen LogP contribution in [0.2, 0.25) is 0 Å². The van der Waals surface area contributed by atoms with E-state index in [1.165, 1.54) is 35.6 Å². The van der Waals surface area contributed by atoms with Crippen molar-refractivity contribution in [3.05, 3.63) is 70.6 Å². The summed E-state index contributed by atoms with van der Waals surface area (Å²) in [5, 5.41) is 14.3. The second kappa shape index (κ2) is 6.84. The molecule has 3 aromatic rings. The van der Waals surface area contributed by atoms with Gasteiger partial charge in [-0.1, -0.05) is 6.07 Å². The van der Waals surface area contributed by atoms with E-state index in [2.05, 4.69) is 5.32 Å². The fourth-order valence-corrected chi connectivity index (χ4v) is 3.32. The highest BCUT2D eigenvalue weighted by atomic mass is 32.1. The summed E-state index contributed by atoms with van der Waals surface area (Å²) in [5.41, 5.74) is 0.957. The van der Waals surface area contributed by atoms with Crippen molar-refractivity contribution in [2.75, 3.05) is 5.32 Å². The van der Waals surface area contributed by atoms with E-state index in [-0.39, 0.29) is 17.0 Å². The van der Waals surface area contributed by atoms with Gasteiger partial charge in [-0.05, 0) is 65.9 Å². The van der Waals surface area contributed by atoms with Gasteiger partial charge in [0.1, 0.15) is 5.75 Å². The highest BCUT2D eigenvalue weighted by Crippen LogP contribution is 2.32. The third-order valence-corrected chi connectivity index (χ3v) is 4.80. The number of aromatic hydroxyl groups is 1. The molecule has 2 N–H and O–H groups in total. The fourth-order valence-electron chi connectivity index (χ4n) is 2.43. The molecule has 0 saturated heterocycles. The topological polar surface area (TPSA) is 49.3 Å². The molecule has 0 bridgehead atoms. The van der Waals surface area contributed by atoms with Gasteiger partial charge < -0.3 is 10.4 Å². The maximum Gasteiger partial charge on any atom is 0.416 e. The van der Waals surface area contributed by atoms with E-state index in [9.17, 15) is 23.1 Å². The Bertz CT molecular complexity index is 963. The van der Waals surface area contributed by atoms with Crippen molar-refractivity contribution in [1.82, 2.24) is 0 Å². The van der Waals surface area contributed by atoms with E-state index >= 15 is 0 Å². The summed E-state index contributed by atoms with van der Waals surface area (Å²) in [4.78, 5) is 13.4. The SMILES string of the molecule is Cc1csc(-c2ccc(O)c(C(=O)Nc3cccc(C(F)(F)F)c3)c2)c1. The van der Waals surface area contributed by atoms with Crippen LogP contribution in [-0.4, -0.2) is 11.0 Å². The number of aryl methyl sites for hydroxylation is 1. The van der Waals surface area contributed by atoms with Crippen LogP contribution in [0.25, 0.3) is 10.4 Å². The van der Waals surface area contributed by atoms with Crippen LogP contribution in [0.1, 0.15) is 21.5 Å². The predicted octanol–water partition coefficient (Wildman–Crippen LogP) is 5.70. The number of rotatable bonds is 3. The average molecular weight is 377 g/mol. The highest BCUT2D eigenvalue weighted by molar-refractivity contribution is 7.13. The maximum absolute atomic E-state index is 12.8. The molecule has 3 nitrogen and oxygen atoms in total. The molecular weight excluding hydrogens is 363 g/mol. The number of alkyl halides is 3. The molecule has 0 saturated carbocycles. The van der Waals surface area contributed by atoms with Crippen LogP contribution in [0.4, 0.5) is 18.9 Å². The zero-order chi connectivity index (χ0) is 18.9. The van der Waals surface area contributed by atoms with Crippen molar-refractivity contribution < 1.29 is 23.1 Å². The first-order valence-electron chi connectivity index (χ1n) is 7.61. The Morgan fingerprint density at radius 3 is 2.54 bits per heavy atom. The van der Waals surface area contributed by atoms with Crippen LogP contribution in [0.3, 0.4) is 0 Å². The number of thiophene rings is 1. The molecule has 0 fully saturated rings. The van der Waals surface area contributed by atoms with Gasteiger partial charge in [0.15, 0.2) is 0 Å². The van der Waals surface area contributed by atoms with E-state index in [0.29, 0.717) is 0 Å². The summed E-state index contributed by atoms with van der Waals surface area (Å²) >= 11 is 1.50. The normalized spacial score (nSPS) is 11.4. The molecule has 0 spiro atoms. The number of hydrogen-bond donors (Lipinski definition) is 2. The molecule has 134 valence electrons. The van der Waals surface area contributed by atoms with Crippen LogP contribution in [0.15, 0.2) is 53.9 Å². The fraction of sp³-hybridized carbons (Fsp3) is 0.105. The summed E-state index contributed by atoms with van der Waals surface area (Å²) in [6.07, 6.45) is -4.50. The Hall–Kier alpha value is -2.80. The molecule has 26 heavy (non-hydrogen) atoms. The van der Waals surface area contributed by atoms with Gasteiger partial charge in [-0.3, -0.25) is 4.79 Å². The lowest BCUT2D eigenvalue weighted by molar-refractivity contribution is -0.137. The molecule has 0 atom stereocenters. The van der Waals surface area contributed by atoms with E-state index < -0.39 is 17.6 Å². The van der Waals surface area contributed by atoms with E-state index in [1.807, 2.05) is 18.4 Å². The molecule has 3 rings (SSSR count). The van der Waals surface area contributed by atoms with Gasteiger partial charge in [-0.15, -0.1) is 11.3 Å². The standard InChI is InChI=1S/C19H14F3NO2S/c1-11-7-17(26-10-11)12-5-6-16(24)15(8-12)18(25)23-14-4-2-3-13(9-14)19(20,21)22/h2-10,24H,1H3,(H,23,25). The molecule has 0 unspecified atom stereocenters. The largest absolute Gasteiger partial charge is 0.507 e. The smallest absolute Gasteiger partial charge is 0.416 e. The van der Waals surface area contributed by atoms with Gasteiger partial charge >= 0.3 is 6.18 Å². The lowest BCUT2D eigenvalue weighted by Crippen LogP contribution is -2.13. The minimum Gasteiger partial charge on any atom is -0.507 e. The number of phenolic OH excluding ortho intramolecular Hbond substituents is 1. The van der Waals surface area contributed by atoms with Gasteiger partial charge in [-0.25, -0.2) is 0 Å². The second-order valence-electron chi connectivity index (χ2n) is 5.75. The van der Waals surface area contributed by atoms with Crippen molar-refractivity contribution in [1.29, 1.82) is 0 Å². The maximum atomic E-state index is 12.8. The molecule has 1 aromatic heterocycles. The Labute approximate surface area is 151 Å². The van der Waals surface area contributed by atoms with Crippen LogP contribution in [-0.2, 0) is 6.18 Å². The van der Waals surface area contributed by atoms with Crippen LogP contribution in [0.5, 0.6) is 5.75 Å². The van der Waals surface area contributed by atoms with Crippen LogP contribution < -0.4 is 5.32 Å². The highest BCUT2D eigenvalue weighted by Gasteiger charge is 2.30. The van der Waals surface area contributed by atoms with Crippen molar-refractivity contribution >= 4 is 22.9 Å². The number of carbonyl (C=O) groups is 1. The number of phenols is 1. The van der Waals surface area contributed by atoms with Gasteiger partial charge in [0.2, 0.25) is 0 Å². The summed E-state index contributed by atoms with van der Waals surface area (Å²) in [5.74, 6) is -0.927. The third kappa shape index (κ3) is 3.88. The molecular formula is C19H14F3NO2S. The summed E-state index contributed by atoms with van der Waals surface area (Å²) in [6.45, 7) is 1.95. The van der Waals surface area contributed by atoms with E-state index in [4.69, 9.17) is 0 Å². The van der Waals surface area contributed by atoms with Crippen LogP contribution in [0, 0.1) is 6.92 Å². The van der Waals surface area contributed by atoms with Crippen molar-refractivity contribution in [2.24, 2.45) is 0 Å². The van der Waals surface area contributed by atoms with E-state index in [1.54, 1.807) is 6.07 Å². The minimum absolute atomic E-state index is 0.00148. The Kier molecular flexibility index (Phi) is 4.73. The molecule has 0 radical (unpaired) electrons. The Morgan fingerprint density at radius 2 is 1.88 bits per heavy atom. The quantitative estimate of drug-likeness (QED) is 0.615. The number of benzene rings is 2. The number of hydrogen-bond acceptors (Lipinski definition) is 3.